The number of halogens is 1. The number of nitrogens with one attached hydrogen (secondary N) is 1. The summed E-state index contributed by atoms with van der Waals surface area (Å²) < 4.78 is 46.3. The highest BCUT2D eigenvalue weighted by Gasteiger charge is 2.23. The molecule has 1 aliphatic heterocycles. The predicted molar refractivity (Wildman–Crippen MR) is 128 cm³/mol. The maximum absolute atomic E-state index is 13.2. The first-order valence-electron chi connectivity index (χ1n) is 11.2. The van der Waals surface area contributed by atoms with Gasteiger partial charge in [0.2, 0.25) is 5.91 Å². The molecule has 3 aromatic rings. The predicted octanol–water partition coefficient (Wildman–Crippen LogP) is 4.38. The first-order valence-corrected chi connectivity index (χ1v) is 12.7. The summed E-state index contributed by atoms with van der Waals surface area (Å²) in [7, 11) is -3.83. The molecule has 4 rings (SSSR count). The van der Waals surface area contributed by atoms with E-state index in [-0.39, 0.29) is 23.3 Å². The highest BCUT2D eigenvalue weighted by Crippen LogP contribution is 2.19. The molecule has 6 nitrogen and oxygen atoms in total. The number of benzene rings is 3. The normalized spacial score (nSPS) is 15.7. The fraction of sp³-hybridized carbons (Fsp3) is 0.269. The summed E-state index contributed by atoms with van der Waals surface area (Å²) in [5, 5.41) is 0. The Bertz CT molecular complexity index is 1190. The van der Waals surface area contributed by atoms with E-state index in [1.54, 1.807) is 24.3 Å². The molecule has 8 heteroatoms. The lowest BCUT2D eigenvalue weighted by atomic mass is 10.1. The van der Waals surface area contributed by atoms with Crippen LogP contribution >= 0.6 is 0 Å². The van der Waals surface area contributed by atoms with Crippen LogP contribution in [0.5, 0.6) is 0 Å². The van der Waals surface area contributed by atoms with E-state index in [4.69, 9.17) is 4.74 Å². The summed E-state index contributed by atoms with van der Waals surface area (Å²) in [5.41, 5.74) is 2.19. The molecule has 0 saturated carbocycles. The third-order valence-corrected chi connectivity index (χ3v) is 7.10. The van der Waals surface area contributed by atoms with Gasteiger partial charge in [0.15, 0.2) is 0 Å². The number of nitrogens with zero attached hydrogens (tertiary/aromatic N) is 1. The quantitative estimate of drug-likeness (QED) is 0.491. The largest absolute Gasteiger partial charge is 0.376 e. The zero-order valence-corrected chi connectivity index (χ0v) is 19.5. The van der Waals surface area contributed by atoms with E-state index in [1.165, 1.54) is 12.1 Å². The number of rotatable bonds is 9. The molecule has 0 radical (unpaired) electrons. The van der Waals surface area contributed by atoms with Crippen LogP contribution in [0.1, 0.15) is 24.0 Å². The van der Waals surface area contributed by atoms with Crippen molar-refractivity contribution in [1.82, 2.24) is 4.90 Å². The van der Waals surface area contributed by atoms with Crippen molar-refractivity contribution in [1.29, 1.82) is 0 Å². The van der Waals surface area contributed by atoms with Crippen LogP contribution in [0.3, 0.4) is 0 Å². The van der Waals surface area contributed by atoms with Crippen LogP contribution in [-0.2, 0) is 32.5 Å². The molecule has 1 amide bonds. The van der Waals surface area contributed by atoms with E-state index in [0.717, 1.165) is 42.7 Å². The average Bonchev–Trinajstić information content (AvgIpc) is 3.34. The molecule has 0 bridgehead atoms. The Balaban J connectivity index is 1.41. The van der Waals surface area contributed by atoms with Crippen LogP contribution in [-0.4, -0.2) is 38.5 Å². The molecule has 0 spiro atoms. The van der Waals surface area contributed by atoms with E-state index < -0.39 is 15.8 Å². The minimum Gasteiger partial charge on any atom is -0.376 e. The van der Waals surface area contributed by atoms with E-state index in [0.29, 0.717) is 18.8 Å². The molecule has 1 atom stereocenters. The smallest absolute Gasteiger partial charge is 0.261 e. The van der Waals surface area contributed by atoms with Gasteiger partial charge in [-0.2, -0.15) is 0 Å². The maximum Gasteiger partial charge on any atom is 0.261 e. The number of anilines is 1. The lowest BCUT2D eigenvalue weighted by molar-refractivity contribution is -0.132. The topological polar surface area (TPSA) is 75.7 Å². The van der Waals surface area contributed by atoms with Crippen LogP contribution in [0.2, 0.25) is 0 Å². The van der Waals surface area contributed by atoms with Crippen LogP contribution in [0.25, 0.3) is 0 Å². The van der Waals surface area contributed by atoms with E-state index in [1.807, 2.05) is 35.2 Å². The van der Waals surface area contributed by atoms with Crippen molar-refractivity contribution in [3.8, 4) is 0 Å². The molecule has 0 aliphatic carbocycles. The van der Waals surface area contributed by atoms with Crippen LogP contribution in [0.4, 0.5) is 10.1 Å². The van der Waals surface area contributed by atoms with Gasteiger partial charge in [-0.15, -0.1) is 0 Å². The summed E-state index contributed by atoms with van der Waals surface area (Å²) >= 11 is 0. The number of sulfonamides is 1. The Hall–Kier alpha value is -3.23. The highest BCUT2D eigenvalue weighted by atomic mass is 32.2. The third-order valence-electron chi connectivity index (χ3n) is 5.70. The zero-order valence-electron chi connectivity index (χ0n) is 18.7. The minimum atomic E-state index is -3.83. The number of hydrogen-bond acceptors (Lipinski definition) is 4. The minimum absolute atomic E-state index is 0.0148. The fourth-order valence-corrected chi connectivity index (χ4v) is 4.96. The molecule has 3 aromatic carbocycles. The summed E-state index contributed by atoms with van der Waals surface area (Å²) in [4.78, 5) is 15.0. The molecule has 1 unspecified atom stereocenters. The molecule has 1 fully saturated rings. The molecule has 178 valence electrons. The van der Waals surface area contributed by atoms with Crippen LogP contribution in [0, 0.1) is 5.82 Å². The number of hydrogen-bond donors (Lipinski definition) is 1. The van der Waals surface area contributed by atoms with Gasteiger partial charge in [0.05, 0.1) is 17.4 Å². The van der Waals surface area contributed by atoms with E-state index in [9.17, 15) is 17.6 Å². The van der Waals surface area contributed by atoms with Crippen molar-refractivity contribution in [2.24, 2.45) is 0 Å². The molecule has 1 heterocycles. The maximum atomic E-state index is 13.2. The molecule has 0 aromatic heterocycles. The Morgan fingerprint density at radius 1 is 0.971 bits per heavy atom. The second-order valence-electron chi connectivity index (χ2n) is 8.33. The van der Waals surface area contributed by atoms with Gasteiger partial charge in [0.1, 0.15) is 5.82 Å². The summed E-state index contributed by atoms with van der Waals surface area (Å²) in [6, 6.07) is 21.2. The second kappa shape index (κ2) is 10.8. The summed E-state index contributed by atoms with van der Waals surface area (Å²) in [6.07, 6.45) is 2.20. The van der Waals surface area contributed by atoms with Crippen molar-refractivity contribution in [3.05, 3.63) is 95.8 Å². The molecule has 1 saturated heterocycles. The van der Waals surface area contributed by atoms with Gasteiger partial charge >= 0.3 is 0 Å². The SMILES string of the molecule is O=C(Cc1ccc(NS(=O)(=O)c2ccc(F)cc2)cc1)N(Cc1ccccc1)CC1CCCO1. The van der Waals surface area contributed by atoms with Gasteiger partial charge in [-0.05, 0) is 60.4 Å². The monoisotopic (exact) mass is 482 g/mol. The Morgan fingerprint density at radius 2 is 1.68 bits per heavy atom. The van der Waals surface area contributed by atoms with Crippen LogP contribution in [0.15, 0.2) is 83.8 Å². The number of amides is 1. The zero-order chi connectivity index (χ0) is 24.0. The van der Waals surface area contributed by atoms with Crippen molar-refractivity contribution in [3.63, 3.8) is 0 Å². The molecular formula is C26H27FN2O4S. The summed E-state index contributed by atoms with van der Waals surface area (Å²) in [5.74, 6) is -0.521. The van der Waals surface area contributed by atoms with Gasteiger partial charge in [0.25, 0.3) is 10.0 Å². The van der Waals surface area contributed by atoms with Crippen molar-refractivity contribution in [2.45, 2.75) is 36.8 Å². The van der Waals surface area contributed by atoms with Crippen molar-refractivity contribution in [2.75, 3.05) is 17.9 Å². The summed E-state index contributed by atoms with van der Waals surface area (Å²) in [6.45, 7) is 1.78. The number of carbonyl (C=O) groups excluding carboxylic acids is 1. The molecule has 1 N–H and O–H groups in total. The Morgan fingerprint density at radius 3 is 2.32 bits per heavy atom. The Labute approximate surface area is 199 Å². The van der Waals surface area contributed by atoms with Gasteiger partial charge < -0.3 is 9.64 Å². The Kier molecular flexibility index (Phi) is 7.59. The van der Waals surface area contributed by atoms with Gasteiger partial charge in [-0.25, -0.2) is 12.8 Å². The number of carbonyl (C=O) groups is 1. The van der Waals surface area contributed by atoms with Crippen molar-refractivity contribution < 1.29 is 22.3 Å². The second-order valence-corrected chi connectivity index (χ2v) is 10.0. The van der Waals surface area contributed by atoms with E-state index in [2.05, 4.69) is 4.72 Å². The third kappa shape index (κ3) is 6.42. The molecule has 1 aliphatic rings. The number of ether oxygens (including phenoxy) is 1. The fourth-order valence-electron chi connectivity index (χ4n) is 3.90. The average molecular weight is 483 g/mol. The standard InChI is InChI=1S/C26H27FN2O4S/c27-22-10-14-25(15-11-22)34(31,32)28-23-12-8-20(9-13-23)17-26(30)29(19-24-7-4-16-33-24)18-21-5-2-1-3-6-21/h1-3,5-6,8-15,24,28H,4,7,16-19H2. The lowest BCUT2D eigenvalue weighted by Gasteiger charge is -2.26. The first kappa shape index (κ1) is 23.9. The first-order chi connectivity index (χ1) is 16.4. The van der Waals surface area contributed by atoms with Crippen molar-refractivity contribution >= 4 is 21.6 Å². The van der Waals surface area contributed by atoms with Gasteiger partial charge in [-0.3, -0.25) is 9.52 Å². The highest BCUT2D eigenvalue weighted by molar-refractivity contribution is 7.92. The van der Waals surface area contributed by atoms with Gasteiger partial charge in [0, 0.05) is 25.4 Å². The van der Waals surface area contributed by atoms with E-state index >= 15 is 0 Å². The lowest BCUT2D eigenvalue weighted by Crippen LogP contribution is -2.37. The molecular weight excluding hydrogens is 455 g/mol. The van der Waals surface area contributed by atoms with Gasteiger partial charge in [-0.1, -0.05) is 42.5 Å². The van der Waals surface area contributed by atoms with Crippen LogP contribution < -0.4 is 4.72 Å². The molecule has 34 heavy (non-hydrogen) atoms.